The predicted octanol–water partition coefficient (Wildman–Crippen LogP) is 2.95. The molecule has 1 aromatic carbocycles. The third-order valence-corrected chi connectivity index (χ3v) is 1.98. The van der Waals surface area contributed by atoms with Crippen LogP contribution in [0.1, 0.15) is 30.0 Å². The fourth-order valence-electron chi connectivity index (χ4n) is 1.35. The maximum absolute atomic E-state index is 7.23. The van der Waals surface area contributed by atoms with Crippen molar-refractivity contribution in [2.24, 2.45) is 0 Å². The number of hydrogen-bond acceptors (Lipinski definition) is 1. The molecule has 0 unspecified atom stereocenters. The molecule has 0 aliphatic carbocycles. The number of hydrogen-bond donors (Lipinski definition) is 1. The minimum Gasteiger partial charge on any atom is -0.308 e. The summed E-state index contributed by atoms with van der Waals surface area (Å²) < 4.78 is 0. The van der Waals surface area contributed by atoms with Gasteiger partial charge in [0.1, 0.15) is 0 Å². The first-order valence-corrected chi connectivity index (χ1v) is 4.38. The summed E-state index contributed by atoms with van der Waals surface area (Å²) in [6, 6.07) is 6.30. The van der Waals surface area contributed by atoms with E-state index in [1.807, 2.05) is 0 Å². The standard InChI is InChI=1S/C11H15N/c1-3-4-10-6-5-9(2)7-11(10)8-12/h5-8,12H,3-4H2,1-2H3. The van der Waals surface area contributed by atoms with Crippen LogP contribution in [-0.2, 0) is 6.42 Å². The molecule has 0 spiro atoms. The molecular weight excluding hydrogens is 146 g/mol. The molecule has 0 fully saturated rings. The van der Waals surface area contributed by atoms with Crippen molar-refractivity contribution in [3.05, 3.63) is 34.9 Å². The highest BCUT2D eigenvalue weighted by Crippen LogP contribution is 2.11. The zero-order valence-electron chi connectivity index (χ0n) is 7.72. The first-order chi connectivity index (χ1) is 5.77. The van der Waals surface area contributed by atoms with E-state index in [1.165, 1.54) is 17.3 Å². The van der Waals surface area contributed by atoms with Gasteiger partial charge in [-0.3, -0.25) is 0 Å². The lowest BCUT2D eigenvalue weighted by atomic mass is 10.0. The summed E-state index contributed by atoms with van der Waals surface area (Å²) in [5, 5.41) is 7.23. The van der Waals surface area contributed by atoms with Crippen LogP contribution in [0.5, 0.6) is 0 Å². The highest BCUT2D eigenvalue weighted by Gasteiger charge is 1.98. The van der Waals surface area contributed by atoms with Crippen molar-refractivity contribution in [3.63, 3.8) is 0 Å². The average molecular weight is 161 g/mol. The molecule has 64 valence electrons. The van der Waals surface area contributed by atoms with E-state index in [0.717, 1.165) is 18.4 Å². The van der Waals surface area contributed by atoms with Gasteiger partial charge < -0.3 is 5.41 Å². The smallest absolute Gasteiger partial charge is 0.0253 e. The van der Waals surface area contributed by atoms with Gasteiger partial charge in [-0.1, -0.05) is 37.1 Å². The fourth-order valence-corrected chi connectivity index (χ4v) is 1.35. The first-order valence-electron chi connectivity index (χ1n) is 4.38. The summed E-state index contributed by atoms with van der Waals surface area (Å²) in [6.07, 6.45) is 3.66. The number of nitrogens with one attached hydrogen (secondary N) is 1. The summed E-state index contributed by atoms with van der Waals surface area (Å²) in [7, 11) is 0. The van der Waals surface area contributed by atoms with Crippen molar-refractivity contribution < 1.29 is 0 Å². The van der Waals surface area contributed by atoms with E-state index in [2.05, 4.69) is 32.0 Å². The normalized spacial score (nSPS) is 9.83. The van der Waals surface area contributed by atoms with Crippen molar-refractivity contribution in [3.8, 4) is 0 Å². The van der Waals surface area contributed by atoms with E-state index >= 15 is 0 Å². The molecule has 0 saturated carbocycles. The number of aryl methyl sites for hydroxylation is 2. The zero-order chi connectivity index (χ0) is 8.97. The van der Waals surface area contributed by atoms with Crippen LogP contribution in [0.25, 0.3) is 0 Å². The SMILES string of the molecule is CCCc1ccc(C)cc1C=N. The highest BCUT2D eigenvalue weighted by atomic mass is 14.3. The van der Waals surface area contributed by atoms with Crippen LogP contribution in [0.15, 0.2) is 18.2 Å². The topological polar surface area (TPSA) is 23.9 Å². The molecule has 0 atom stereocenters. The zero-order valence-corrected chi connectivity index (χ0v) is 7.72. The van der Waals surface area contributed by atoms with Gasteiger partial charge in [0.25, 0.3) is 0 Å². The fraction of sp³-hybridized carbons (Fsp3) is 0.364. The molecule has 0 amide bonds. The summed E-state index contributed by atoms with van der Waals surface area (Å²) in [5.74, 6) is 0. The van der Waals surface area contributed by atoms with Crippen molar-refractivity contribution in [1.82, 2.24) is 0 Å². The number of benzene rings is 1. The highest BCUT2D eigenvalue weighted by molar-refractivity contribution is 5.79. The van der Waals surface area contributed by atoms with E-state index in [0.29, 0.717) is 0 Å². The Hall–Kier alpha value is -1.11. The minimum atomic E-state index is 1.07. The van der Waals surface area contributed by atoms with Gasteiger partial charge >= 0.3 is 0 Å². The van der Waals surface area contributed by atoms with Gasteiger partial charge in [0, 0.05) is 6.21 Å². The van der Waals surface area contributed by atoms with Crippen molar-refractivity contribution in [2.75, 3.05) is 0 Å². The molecule has 0 bridgehead atoms. The van der Waals surface area contributed by atoms with E-state index in [1.54, 1.807) is 0 Å². The third-order valence-electron chi connectivity index (χ3n) is 1.98. The molecule has 12 heavy (non-hydrogen) atoms. The van der Waals surface area contributed by atoms with Crippen molar-refractivity contribution in [2.45, 2.75) is 26.7 Å². The van der Waals surface area contributed by atoms with Gasteiger partial charge in [-0.25, -0.2) is 0 Å². The molecule has 1 nitrogen and oxygen atoms in total. The third kappa shape index (κ3) is 1.94. The second-order valence-corrected chi connectivity index (χ2v) is 3.10. The molecule has 0 aromatic heterocycles. The second kappa shape index (κ2) is 4.05. The van der Waals surface area contributed by atoms with E-state index < -0.39 is 0 Å². The van der Waals surface area contributed by atoms with E-state index in [9.17, 15) is 0 Å². The lowest BCUT2D eigenvalue weighted by Crippen LogP contribution is -1.92. The van der Waals surface area contributed by atoms with Crippen LogP contribution in [0, 0.1) is 12.3 Å². The lowest BCUT2D eigenvalue weighted by Gasteiger charge is -2.04. The Morgan fingerprint density at radius 2 is 2.17 bits per heavy atom. The van der Waals surface area contributed by atoms with Gasteiger partial charge in [0.05, 0.1) is 0 Å². The van der Waals surface area contributed by atoms with Gasteiger partial charge in [-0.2, -0.15) is 0 Å². The number of rotatable bonds is 3. The van der Waals surface area contributed by atoms with Crippen LogP contribution < -0.4 is 0 Å². The molecule has 0 aliphatic heterocycles. The predicted molar refractivity (Wildman–Crippen MR) is 53.1 cm³/mol. The molecule has 0 heterocycles. The summed E-state index contributed by atoms with van der Waals surface area (Å²) in [6.45, 7) is 4.22. The molecule has 1 aromatic rings. The largest absolute Gasteiger partial charge is 0.308 e. The minimum absolute atomic E-state index is 1.07. The summed E-state index contributed by atoms with van der Waals surface area (Å²) in [5.41, 5.74) is 3.59. The molecule has 0 saturated heterocycles. The first kappa shape index (κ1) is 8.98. The molecule has 0 aliphatic rings. The Morgan fingerprint density at radius 1 is 1.42 bits per heavy atom. The summed E-state index contributed by atoms with van der Waals surface area (Å²) >= 11 is 0. The molecular formula is C11H15N. The van der Waals surface area contributed by atoms with Gasteiger partial charge in [0.15, 0.2) is 0 Å². The maximum atomic E-state index is 7.23. The van der Waals surface area contributed by atoms with Gasteiger partial charge in [0.2, 0.25) is 0 Å². The van der Waals surface area contributed by atoms with Gasteiger partial charge in [-0.05, 0) is 24.5 Å². The Bertz CT molecular complexity index is 276. The van der Waals surface area contributed by atoms with E-state index in [4.69, 9.17) is 5.41 Å². The quantitative estimate of drug-likeness (QED) is 0.659. The van der Waals surface area contributed by atoms with Crippen LogP contribution in [0.4, 0.5) is 0 Å². The second-order valence-electron chi connectivity index (χ2n) is 3.10. The molecule has 0 radical (unpaired) electrons. The van der Waals surface area contributed by atoms with Crippen LogP contribution in [0.2, 0.25) is 0 Å². The van der Waals surface area contributed by atoms with Crippen LogP contribution >= 0.6 is 0 Å². The van der Waals surface area contributed by atoms with Crippen molar-refractivity contribution in [1.29, 1.82) is 5.41 Å². The Labute approximate surface area is 73.9 Å². The van der Waals surface area contributed by atoms with Crippen molar-refractivity contribution >= 4 is 6.21 Å². The monoisotopic (exact) mass is 161 g/mol. The average Bonchev–Trinajstić information content (AvgIpc) is 2.08. The van der Waals surface area contributed by atoms with Crippen LogP contribution in [0.3, 0.4) is 0 Å². The Morgan fingerprint density at radius 3 is 2.75 bits per heavy atom. The maximum Gasteiger partial charge on any atom is 0.0253 e. The van der Waals surface area contributed by atoms with Crippen LogP contribution in [-0.4, -0.2) is 6.21 Å². The molecule has 1 rings (SSSR count). The Kier molecular flexibility index (Phi) is 3.03. The lowest BCUT2D eigenvalue weighted by molar-refractivity contribution is 0.919. The summed E-state index contributed by atoms with van der Waals surface area (Å²) in [4.78, 5) is 0. The van der Waals surface area contributed by atoms with Gasteiger partial charge in [-0.15, -0.1) is 0 Å². The Balaban J connectivity index is 3.02. The van der Waals surface area contributed by atoms with E-state index in [-0.39, 0.29) is 0 Å². The molecule has 1 N–H and O–H groups in total. The molecule has 1 heteroatoms.